The van der Waals surface area contributed by atoms with Crippen molar-refractivity contribution in [2.24, 2.45) is 0 Å². The Bertz CT molecular complexity index is 1300. The van der Waals surface area contributed by atoms with Crippen molar-refractivity contribution in [2.45, 2.75) is 77.9 Å². The lowest BCUT2D eigenvalue weighted by Crippen LogP contribution is -2.35. The van der Waals surface area contributed by atoms with Gasteiger partial charge in [-0.15, -0.1) is 0 Å². The van der Waals surface area contributed by atoms with Crippen molar-refractivity contribution >= 4 is 11.9 Å². The van der Waals surface area contributed by atoms with Gasteiger partial charge in [0.25, 0.3) is 5.91 Å². The monoisotopic (exact) mass is 513 g/mol. The number of hydrogen-bond acceptors (Lipinski definition) is 3. The third-order valence-electron chi connectivity index (χ3n) is 7.26. The molecule has 0 radical (unpaired) electrons. The highest BCUT2D eigenvalue weighted by molar-refractivity contribution is 5.96. The molecule has 1 amide bonds. The molecule has 0 fully saturated rings. The highest BCUT2D eigenvalue weighted by Gasteiger charge is 2.35. The maximum Gasteiger partial charge on any atom is 0.323 e. The van der Waals surface area contributed by atoms with E-state index in [0.717, 1.165) is 23.3 Å². The maximum atomic E-state index is 13.5. The van der Waals surface area contributed by atoms with Crippen molar-refractivity contribution in [2.75, 3.05) is 6.54 Å². The first-order chi connectivity index (χ1) is 17.8. The van der Waals surface area contributed by atoms with E-state index in [-0.39, 0.29) is 24.4 Å². The zero-order chi connectivity index (χ0) is 27.7. The van der Waals surface area contributed by atoms with Gasteiger partial charge in [0.15, 0.2) is 0 Å². The Kier molecular flexibility index (Phi) is 7.68. The quantitative estimate of drug-likeness (QED) is 0.361. The number of ether oxygens (including phenoxy) is 1. The zero-order valence-corrected chi connectivity index (χ0v) is 23.4. The van der Waals surface area contributed by atoms with Crippen LogP contribution in [0.1, 0.15) is 85.6 Å². The van der Waals surface area contributed by atoms with Crippen LogP contribution in [0.2, 0.25) is 0 Å². The molecule has 0 bridgehead atoms. The lowest BCUT2D eigenvalue weighted by Gasteiger charge is -2.24. The molecule has 0 aromatic heterocycles. The van der Waals surface area contributed by atoms with Crippen LogP contribution < -0.4 is 4.74 Å². The van der Waals surface area contributed by atoms with Crippen LogP contribution >= 0.6 is 0 Å². The van der Waals surface area contributed by atoms with Crippen molar-refractivity contribution in [3.63, 3.8) is 0 Å². The van der Waals surface area contributed by atoms with Crippen molar-refractivity contribution in [3.8, 4) is 5.75 Å². The summed E-state index contributed by atoms with van der Waals surface area (Å²) in [7, 11) is 0. The van der Waals surface area contributed by atoms with Crippen molar-refractivity contribution in [3.05, 3.63) is 100 Å². The molecular formula is C33H39NO4. The molecule has 0 saturated carbocycles. The zero-order valence-electron chi connectivity index (χ0n) is 23.4. The lowest BCUT2D eigenvalue weighted by atomic mass is 9.87. The van der Waals surface area contributed by atoms with E-state index >= 15 is 0 Å². The van der Waals surface area contributed by atoms with Gasteiger partial charge in [0.2, 0.25) is 0 Å². The minimum Gasteiger partial charge on any atom is -0.487 e. The predicted molar refractivity (Wildman–Crippen MR) is 151 cm³/mol. The molecule has 0 spiro atoms. The molecule has 0 aliphatic carbocycles. The highest BCUT2D eigenvalue weighted by atomic mass is 16.5. The number of nitrogens with zero attached hydrogens (tertiary/aromatic N) is 1. The number of benzene rings is 3. The summed E-state index contributed by atoms with van der Waals surface area (Å²) in [5.74, 6) is -0.0604. The molecule has 1 aliphatic heterocycles. The minimum atomic E-state index is -1.04. The van der Waals surface area contributed by atoms with Gasteiger partial charge in [0.1, 0.15) is 17.9 Å². The van der Waals surface area contributed by atoms with Gasteiger partial charge in [-0.05, 0) is 64.3 Å². The number of rotatable bonds is 8. The second-order valence-electron chi connectivity index (χ2n) is 12.1. The molecule has 1 aliphatic rings. The molecule has 5 heteroatoms. The van der Waals surface area contributed by atoms with Crippen molar-refractivity contribution in [1.82, 2.24) is 4.90 Å². The predicted octanol–water partition coefficient (Wildman–Crippen LogP) is 6.77. The number of carbonyl (C=O) groups is 2. The minimum absolute atomic E-state index is 0.0215. The SMILES string of the molecule is CC(C)c1ccc(C[C@@]2(C)Cc3cc(C(=O)N(CC(=O)O)Cc4ccc(C(C)(C)C)cc4)ccc3O2)cc1. The standard InChI is InChI=1S/C33H39NO4/c1-22(2)25-11-7-23(8-12-25)18-33(6)19-27-17-26(13-16-29(27)38-33)31(37)34(21-30(35)36)20-24-9-14-28(15-10-24)32(3,4)5/h7-17,22H,18-21H2,1-6H3,(H,35,36)/t33-/m0/s1. The second-order valence-corrected chi connectivity index (χ2v) is 12.1. The molecule has 1 N–H and O–H groups in total. The van der Waals surface area contributed by atoms with Gasteiger partial charge >= 0.3 is 5.97 Å². The van der Waals surface area contributed by atoms with Crippen LogP contribution in [-0.2, 0) is 29.6 Å². The lowest BCUT2D eigenvalue weighted by molar-refractivity contribution is -0.137. The average molecular weight is 514 g/mol. The van der Waals surface area contributed by atoms with Crippen LogP contribution in [-0.4, -0.2) is 34.0 Å². The first kappa shape index (κ1) is 27.4. The first-order valence-electron chi connectivity index (χ1n) is 13.3. The number of hydrogen-bond donors (Lipinski definition) is 1. The van der Waals surface area contributed by atoms with E-state index in [1.165, 1.54) is 21.6 Å². The first-order valence-corrected chi connectivity index (χ1v) is 13.3. The molecule has 0 saturated heterocycles. The molecule has 1 atom stereocenters. The van der Waals surface area contributed by atoms with E-state index < -0.39 is 11.6 Å². The van der Waals surface area contributed by atoms with Crippen molar-refractivity contribution in [1.29, 1.82) is 0 Å². The van der Waals surface area contributed by atoms with E-state index in [9.17, 15) is 14.7 Å². The van der Waals surface area contributed by atoms with Crippen LogP contribution in [0.25, 0.3) is 0 Å². The summed E-state index contributed by atoms with van der Waals surface area (Å²) in [5.41, 5.74) is 5.68. The summed E-state index contributed by atoms with van der Waals surface area (Å²) in [5, 5.41) is 9.51. The molecule has 3 aromatic carbocycles. The molecule has 1 heterocycles. The molecule has 5 nitrogen and oxygen atoms in total. The van der Waals surface area contributed by atoms with Crippen LogP contribution in [0.15, 0.2) is 66.7 Å². The molecule has 38 heavy (non-hydrogen) atoms. The van der Waals surface area contributed by atoms with E-state index in [4.69, 9.17) is 4.74 Å². The third-order valence-corrected chi connectivity index (χ3v) is 7.26. The number of amides is 1. The number of aliphatic carboxylic acids is 1. The van der Waals surface area contributed by atoms with Gasteiger partial charge in [-0.3, -0.25) is 9.59 Å². The summed E-state index contributed by atoms with van der Waals surface area (Å²) >= 11 is 0. The van der Waals surface area contributed by atoms with E-state index in [0.29, 0.717) is 17.9 Å². The highest BCUT2D eigenvalue weighted by Crippen LogP contribution is 2.38. The van der Waals surface area contributed by atoms with Crippen LogP contribution in [0.3, 0.4) is 0 Å². The Morgan fingerprint density at radius 2 is 1.61 bits per heavy atom. The third kappa shape index (κ3) is 6.45. The van der Waals surface area contributed by atoms with Gasteiger partial charge in [0, 0.05) is 24.9 Å². The fraction of sp³-hybridized carbons (Fsp3) is 0.394. The fourth-order valence-corrected chi connectivity index (χ4v) is 5.08. The Morgan fingerprint density at radius 3 is 2.18 bits per heavy atom. The molecule has 200 valence electrons. The molecule has 3 aromatic rings. The van der Waals surface area contributed by atoms with Gasteiger partial charge in [0.05, 0.1) is 0 Å². The smallest absolute Gasteiger partial charge is 0.323 e. The van der Waals surface area contributed by atoms with Crippen LogP contribution in [0.5, 0.6) is 5.75 Å². The number of carboxylic acid groups (broad SMARTS) is 1. The van der Waals surface area contributed by atoms with Gasteiger partial charge < -0.3 is 14.7 Å². The maximum absolute atomic E-state index is 13.5. The fourth-order valence-electron chi connectivity index (χ4n) is 5.08. The average Bonchev–Trinajstić information content (AvgIpc) is 3.17. The Morgan fingerprint density at radius 1 is 0.974 bits per heavy atom. The summed E-state index contributed by atoms with van der Waals surface area (Å²) in [6.07, 6.45) is 1.45. The summed E-state index contributed by atoms with van der Waals surface area (Å²) < 4.78 is 6.35. The number of fused-ring (bicyclic) bond motifs is 1. The molecule has 4 rings (SSSR count). The van der Waals surface area contributed by atoms with E-state index in [1.807, 2.05) is 36.4 Å². The summed E-state index contributed by atoms with van der Waals surface area (Å²) in [6.45, 7) is 12.8. The van der Waals surface area contributed by atoms with Gasteiger partial charge in [-0.1, -0.05) is 83.1 Å². The number of carbonyl (C=O) groups excluding carboxylic acids is 1. The second kappa shape index (κ2) is 10.6. The Hall–Kier alpha value is -3.60. The van der Waals surface area contributed by atoms with Crippen LogP contribution in [0, 0.1) is 0 Å². The largest absolute Gasteiger partial charge is 0.487 e. The Labute approximate surface area is 226 Å². The van der Waals surface area contributed by atoms with E-state index in [2.05, 4.69) is 65.8 Å². The topological polar surface area (TPSA) is 66.8 Å². The van der Waals surface area contributed by atoms with Gasteiger partial charge in [-0.25, -0.2) is 0 Å². The van der Waals surface area contributed by atoms with Gasteiger partial charge in [-0.2, -0.15) is 0 Å². The van der Waals surface area contributed by atoms with Crippen LogP contribution in [0.4, 0.5) is 0 Å². The molecule has 0 unspecified atom stereocenters. The summed E-state index contributed by atoms with van der Waals surface area (Å²) in [4.78, 5) is 26.5. The Balaban J connectivity index is 1.49. The number of carboxylic acids is 1. The normalized spacial score (nSPS) is 16.7. The molecular weight excluding hydrogens is 474 g/mol. The van der Waals surface area contributed by atoms with E-state index in [1.54, 1.807) is 6.07 Å². The summed E-state index contributed by atoms with van der Waals surface area (Å²) in [6, 6.07) is 22.2. The van der Waals surface area contributed by atoms with Crippen molar-refractivity contribution < 1.29 is 19.4 Å².